The third kappa shape index (κ3) is 3.08. The molecule has 0 saturated heterocycles. The number of tetrazole rings is 1. The van der Waals surface area contributed by atoms with E-state index < -0.39 is 0 Å². The Morgan fingerprint density at radius 2 is 2.16 bits per heavy atom. The van der Waals surface area contributed by atoms with Gasteiger partial charge in [-0.1, -0.05) is 31.3 Å². The van der Waals surface area contributed by atoms with Crippen molar-refractivity contribution in [1.29, 1.82) is 0 Å². The minimum Gasteiger partial charge on any atom is -0.369 e. The molecule has 1 aliphatic rings. The zero-order valence-electron chi connectivity index (χ0n) is 15.0. The molecular formula is C17H26N7S+. The lowest BCUT2D eigenvalue weighted by atomic mass is 10.0. The summed E-state index contributed by atoms with van der Waals surface area (Å²) in [6, 6.07) is 0. The first-order valence-corrected chi connectivity index (χ1v) is 10.2. The van der Waals surface area contributed by atoms with Crippen molar-refractivity contribution in [2.24, 2.45) is 0 Å². The molecule has 0 saturated carbocycles. The summed E-state index contributed by atoms with van der Waals surface area (Å²) in [7, 11) is 0. The number of rotatable bonds is 7. The lowest BCUT2D eigenvalue weighted by Crippen LogP contribution is -3.11. The van der Waals surface area contributed by atoms with Crippen LogP contribution in [-0.2, 0) is 13.0 Å². The molecule has 0 aromatic carbocycles. The molecule has 1 unspecified atom stereocenters. The van der Waals surface area contributed by atoms with Crippen LogP contribution in [0.2, 0.25) is 0 Å². The van der Waals surface area contributed by atoms with Gasteiger partial charge < -0.3 is 10.2 Å². The molecule has 3 aromatic rings. The van der Waals surface area contributed by atoms with E-state index in [1.165, 1.54) is 54.6 Å². The zero-order chi connectivity index (χ0) is 17.2. The van der Waals surface area contributed by atoms with Gasteiger partial charge in [0, 0.05) is 13.0 Å². The topological polar surface area (TPSA) is 72.4 Å². The second kappa shape index (κ2) is 7.21. The molecule has 0 spiro atoms. The number of anilines is 1. The maximum atomic E-state index is 4.72. The van der Waals surface area contributed by atoms with Crippen molar-refractivity contribution in [2.45, 2.75) is 52.5 Å². The second-order valence-electron chi connectivity index (χ2n) is 6.80. The average Bonchev–Trinajstić information content (AvgIpc) is 3.24. The molecule has 134 valence electrons. The summed E-state index contributed by atoms with van der Waals surface area (Å²) in [6.45, 7) is 8.93. The summed E-state index contributed by atoms with van der Waals surface area (Å²) >= 11 is 1.83. The molecule has 0 radical (unpaired) electrons. The van der Waals surface area contributed by atoms with Gasteiger partial charge in [0.05, 0.1) is 23.4 Å². The number of thiophene rings is 1. The molecule has 25 heavy (non-hydrogen) atoms. The van der Waals surface area contributed by atoms with Crippen LogP contribution in [0.1, 0.15) is 50.0 Å². The van der Waals surface area contributed by atoms with E-state index in [9.17, 15) is 0 Å². The largest absolute Gasteiger partial charge is 0.369 e. The molecule has 0 aliphatic carbocycles. The minimum atomic E-state index is 0.585. The number of nitrogens with zero attached hydrogens (tertiary/aromatic N) is 5. The number of quaternary nitrogens is 1. The third-order valence-electron chi connectivity index (χ3n) is 5.13. The summed E-state index contributed by atoms with van der Waals surface area (Å²) in [5.74, 6) is 1.55. The van der Waals surface area contributed by atoms with Crippen molar-refractivity contribution in [3.05, 3.63) is 10.4 Å². The lowest BCUT2D eigenvalue weighted by molar-refractivity contribution is -0.913. The Hall–Kier alpha value is -1.80. The predicted molar refractivity (Wildman–Crippen MR) is 100 cm³/mol. The molecule has 7 nitrogen and oxygen atoms in total. The molecule has 1 aliphatic heterocycles. The maximum absolute atomic E-state index is 4.72. The van der Waals surface area contributed by atoms with Crippen molar-refractivity contribution in [1.82, 2.24) is 25.0 Å². The van der Waals surface area contributed by atoms with Crippen LogP contribution in [0.15, 0.2) is 0 Å². The smallest absolute Gasteiger partial charge is 0.276 e. The van der Waals surface area contributed by atoms with Crippen LogP contribution in [0.25, 0.3) is 16.0 Å². The Balaban J connectivity index is 1.71. The number of aromatic nitrogens is 5. The van der Waals surface area contributed by atoms with E-state index in [0.717, 1.165) is 30.2 Å². The van der Waals surface area contributed by atoms with Crippen LogP contribution in [0, 0.1) is 0 Å². The van der Waals surface area contributed by atoms with Crippen molar-refractivity contribution in [3.63, 3.8) is 0 Å². The highest BCUT2D eigenvalue weighted by Crippen LogP contribution is 2.36. The Labute approximate surface area is 151 Å². The monoisotopic (exact) mass is 360 g/mol. The number of unbranched alkanes of at least 4 members (excludes halogenated alkanes) is 3. The molecule has 0 amide bonds. The molecule has 0 fully saturated rings. The molecule has 2 N–H and O–H groups in total. The van der Waals surface area contributed by atoms with Gasteiger partial charge in [-0.05, 0) is 29.3 Å². The Bertz CT molecular complexity index is 869. The van der Waals surface area contributed by atoms with Crippen LogP contribution in [0.4, 0.5) is 5.82 Å². The minimum absolute atomic E-state index is 0.585. The van der Waals surface area contributed by atoms with Crippen LogP contribution in [0.3, 0.4) is 0 Å². The molecule has 4 heterocycles. The fraction of sp³-hybridized carbons (Fsp3) is 0.647. The molecular weight excluding hydrogens is 334 g/mol. The van der Waals surface area contributed by atoms with E-state index in [1.807, 2.05) is 11.3 Å². The quantitative estimate of drug-likeness (QED) is 0.627. The van der Waals surface area contributed by atoms with Gasteiger partial charge in [-0.3, -0.25) is 0 Å². The van der Waals surface area contributed by atoms with E-state index in [-0.39, 0.29) is 0 Å². The van der Waals surface area contributed by atoms with Gasteiger partial charge in [-0.2, -0.15) is 9.50 Å². The Morgan fingerprint density at radius 1 is 1.24 bits per heavy atom. The Kier molecular flexibility index (Phi) is 4.80. The highest BCUT2D eigenvalue weighted by atomic mass is 32.1. The Morgan fingerprint density at radius 3 is 3.00 bits per heavy atom. The lowest BCUT2D eigenvalue weighted by Gasteiger charge is -2.22. The molecule has 1 atom stereocenters. The fourth-order valence-electron chi connectivity index (χ4n) is 3.64. The summed E-state index contributed by atoms with van der Waals surface area (Å²) in [5, 5.41) is 16.9. The van der Waals surface area contributed by atoms with Gasteiger partial charge in [-0.15, -0.1) is 11.3 Å². The van der Waals surface area contributed by atoms with Crippen molar-refractivity contribution < 1.29 is 4.90 Å². The fourth-order valence-corrected chi connectivity index (χ4v) is 5.01. The van der Waals surface area contributed by atoms with Gasteiger partial charge >= 0.3 is 0 Å². The van der Waals surface area contributed by atoms with Crippen molar-refractivity contribution >= 4 is 33.1 Å². The summed E-state index contributed by atoms with van der Waals surface area (Å²) in [6.07, 6.45) is 6.10. The zero-order valence-corrected chi connectivity index (χ0v) is 15.8. The first kappa shape index (κ1) is 16.7. The highest BCUT2D eigenvalue weighted by Gasteiger charge is 2.26. The van der Waals surface area contributed by atoms with Crippen LogP contribution >= 0.6 is 11.3 Å². The SMILES string of the molecule is CCCCCCNc1nc2nnnn2c2sc3c(c12)CC[NH+](CC)C3. The third-order valence-corrected chi connectivity index (χ3v) is 6.34. The van der Waals surface area contributed by atoms with Crippen LogP contribution < -0.4 is 10.2 Å². The standard InChI is InChI=1S/C17H25N7S/c1-3-5-6-7-9-18-15-14-12-8-10-23(4-2)11-13(12)25-16(14)24-17(19-15)20-21-22-24/h3-11H2,1-2H3,(H,18,19,20,22)/p+1. The maximum Gasteiger partial charge on any atom is 0.276 e. The van der Waals surface area contributed by atoms with Crippen LogP contribution in [0.5, 0.6) is 0 Å². The second-order valence-corrected chi connectivity index (χ2v) is 7.89. The highest BCUT2D eigenvalue weighted by molar-refractivity contribution is 7.19. The van der Waals surface area contributed by atoms with Crippen LogP contribution in [-0.4, -0.2) is 44.7 Å². The number of fused-ring (bicyclic) bond motifs is 5. The normalized spacial score (nSPS) is 17.3. The first-order chi connectivity index (χ1) is 12.3. The average molecular weight is 361 g/mol. The van der Waals surface area contributed by atoms with Crippen molar-refractivity contribution in [3.8, 4) is 0 Å². The van der Waals surface area contributed by atoms with Gasteiger partial charge in [0.25, 0.3) is 5.78 Å². The molecule has 0 bridgehead atoms. The summed E-state index contributed by atoms with van der Waals surface area (Å²) < 4.78 is 1.80. The van der Waals surface area contributed by atoms with Gasteiger partial charge in [0.15, 0.2) is 0 Å². The number of likely N-dealkylation sites (N-methyl/N-ethyl adjacent to an activating group) is 1. The molecule has 4 rings (SSSR count). The number of hydrogen-bond donors (Lipinski definition) is 2. The van der Waals surface area contributed by atoms with Gasteiger partial charge in [-0.25, -0.2) is 0 Å². The molecule has 8 heteroatoms. The number of nitrogens with one attached hydrogen (secondary N) is 2. The molecule has 3 aromatic heterocycles. The van der Waals surface area contributed by atoms with E-state index in [0.29, 0.717) is 5.78 Å². The van der Waals surface area contributed by atoms with Gasteiger partial charge in [0.1, 0.15) is 17.2 Å². The summed E-state index contributed by atoms with van der Waals surface area (Å²) in [4.78, 5) is 8.97. The predicted octanol–water partition coefficient (Wildman–Crippen LogP) is 1.69. The summed E-state index contributed by atoms with van der Waals surface area (Å²) in [5.41, 5.74) is 1.46. The number of hydrogen-bond acceptors (Lipinski definition) is 6. The first-order valence-electron chi connectivity index (χ1n) is 9.41. The van der Waals surface area contributed by atoms with Crippen molar-refractivity contribution in [2.75, 3.05) is 25.0 Å². The van der Waals surface area contributed by atoms with E-state index in [2.05, 4.69) is 34.7 Å². The van der Waals surface area contributed by atoms with E-state index in [4.69, 9.17) is 4.98 Å². The van der Waals surface area contributed by atoms with E-state index in [1.54, 1.807) is 9.42 Å². The van der Waals surface area contributed by atoms with Gasteiger partial charge in [0.2, 0.25) is 0 Å². The van der Waals surface area contributed by atoms with E-state index >= 15 is 0 Å².